The number of para-hydroxylation sites is 1. The van der Waals surface area contributed by atoms with Gasteiger partial charge in [-0.3, -0.25) is 19.7 Å². The zero-order chi connectivity index (χ0) is 19.8. The van der Waals surface area contributed by atoms with E-state index in [4.69, 9.17) is 11.6 Å². The molecular formula is C19H17ClN2O5. The summed E-state index contributed by atoms with van der Waals surface area (Å²) < 4.78 is 4.67. The Morgan fingerprint density at radius 1 is 1.22 bits per heavy atom. The zero-order valence-corrected chi connectivity index (χ0v) is 15.2. The SMILES string of the molecule is COC(=O)CC(NC(=O)/C=C/c1ccccc1[N+](=O)[O-])c1ccc(Cl)cc1. The highest BCUT2D eigenvalue weighted by Gasteiger charge is 2.18. The molecule has 1 unspecified atom stereocenters. The number of nitro groups is 1. The maximum atomic E-state index is 12.3. The molecule has 0 saturated carbocycles. The van der Waals surface area contributed by atoms with Gasteiger partial charge in [0.15, 0.2) is 0 Å². The molecule has 1 atom stereocenters. The Hall–Kier alpha value is -3.19. The largest absolute Gasteiger partial charge is 0.469 e. The van der Waals surface area contributed by atoms with Crippen LogP contribution in [0.5, 0.6) is 0 Å². The second kappa shape index (κ2) is 9.49. The summed E-state index contributed by atoms with van der Waals surface area (Å²) in [4.78, 5) is 34.4. The zero-order valence-electron chi connectivity index (χ0n) is 14.4. The van der Waals surface area contributed by atoms with Gasteiger partial charge in [-0.15, -0.1) is 0 Å². The summed E-state index contributed by atoms with van der Waals surface area (Å²) in [5.41, 5.74) is 0.872. The predicted octanol–water partition coefficient (Wildman–Crippen LogP) is 3.68. The number of rotatable bonds is 7. The summed E-state index contributed by atoms with van der Waals surface area (Å²) >= 11 is 5.87. The van der Waals surface area contributed by atoms with Crippen LogP contribution >= 0.6 is 11.6 Å². The van der Waals surface area contributed by atoms with Crippen LogP contribution in [0.25, 0.3) is 6.08 Å². The van der Waals surface area contributed by atoms with Crippen molar-refractivity contribution in [3.63, 3.8) is 0 Å². The molecule has 0 aliphatic heterocycles. The third-order valence-electron chi connectivity index (χ3n) is 3.74. The molecule has 140 valence electrons. The van der Waals surface area contributed by atoms with Crippen molar-refractivity contribution in [3.8, 4) is 0 Å². The minimum absolute atomic E-state index is 0.0663. The first-order valence-electron chi connectivity index (χ1n) is 7.95. The minimum Gasteiger partial charge on any atom is -0.469 e. The van der Waals surface area contributed by atoms with Crippen LogP contribution in [0.15, 0.2) is 54.6 Å². The van der Waals surface area contributed by atoms with Crippen molar-refractivity contribution < 1.29 is 19.2 Å². The Kier molecular flexibility index (Phi) is 7.08. The van der Waals surface area contributed by atoms with Crippen molar-refractivity contribution in [1.29, 1.82) is 0 Å². The molecule has 0 aliphatic carbocycles. The van der Waals surface area contributed by atoms with E-state index in [1.54, 1.807) is 36.4 Å². The van der Waals surface area contributed by atoms with Crippen LogP contribution < -0.4 is 5.32 Å². The average Bonchev–Trinajstić information content (AvgIpc) is 2.66. The van der Waals surface area contributed by atoms with Gasteiger partial charge in [0.2, 0.25) is 5.91 Å². The number of nitrogens with zero attached hydrogens (tertiary/aromatic N) is 1. The lowest BCUT2D eigenvalue weighted by atomic mass is 10.0. The highest BCUT2D eigenvalue weighted by atomic mass is 35.5. The molecular weight excluding hydrogens is 372 g/mol. The van der Waals surface area contributed by atoms with Gasteiger partial charge in [0, 0.05) is 17.2 Å². The van der Waals surface area contributed by atoms with E-state index in [0.717, 1.165) is 0 Å². The Morgan fingerprint density at radius 2 is 1.89 bits per heavy atom. The van der Waals surface area contributed by atoms with Crippen molar-refractivity contribution in [3.05, 3.63) is 80.9 Å². The molecule has 1 N–H and O–H groups in total. The van der Waals surface area contributed by atoms with E-state index in [0.29, 0.717) is 16.1 Å². The predicted molar refractivity (Wildman–Crippen MR) is 101 cm³/mol. The van der Waals surface area contributed by atoms with E-state index in [9.17, 15) is 19.7 Å². The molecule has 0 bridgehead atoms. The van der Waals surface area contributed by atoms with Crippen LogP contribution in [0.4, 0.5) is 5.69 Å². The van der Waals surface area contributed by atoms with E-state index in [1.165, 1.54) is 31.4 Å². The third-order valence-corrected chi connectivity index (χ3v) is 3.99. The fourth-order valence-electron chi connectivity index (χ4n) is 2.38. The summed E-state index contributed by atoms with van der Waals surface area (Å²) in [6.45, 7) is 0. The van der Waals surface area contributed by atoms with Crippen LogP contribution in [-0.2, 0) is 14.3 Å². The Bertz CT molecular complexity index is 865. The van der Waals surface area contributed by atoms with Gasteiger partial charge < -0.3 is 10.1 Å². The maximum absolute atomic E-state index is 12.3. The van der Waals surface area contributed by atoms with Gasteiger partial charge in [-0.05, 0) is 29.8 Å². The van der Waals surface area contributed by atoms with Crippen LogP contribution in [0.3, 0.4) is 0 Å². The fraction of sp³-hybridized carbons (Fsp3) is 0.158. The quantitative estimate of drug-likeness (QED) is 0.337. The van der Waals surface area contributed by atoms with Gasteiger partial charge in [0.25, 0.3) is 5.69 Å². The smallest absolute Gasteiger partial charge is 0.307 e. The number of hydrogen-bond donors (Lipinski definition) is 1. The number of esters is 1. The number of amides is 1. The molecule has 0 saturated heterocycles. The number of benzene rings is 2. The summed E-state index contributed by atoms with van der Waals surface area (Å²) in [5.74, 6) is -0.991. The van der Waals surface area contributed by atoms with Crippen LogP contribution in [0.2, 0.25) is 5.02 Å². The maximum Gasteiger partial charge on any atom is 0.307 e. The second-order valence-electron chi connectivity index (χ2n) is 5.54. The number of carbonyl (C=O) groups excluding carboxylic acids is 2. The molecule has 0 aromatic heterocycles. The third kappa shape index (κ3) is 5.93. The first-order valence-corrected chi connectivity index (χ1v) is 8.32. The molecule has 2 aromatic carbocycles. The summed E-state index contributed by atoms with van der Waals surface area (Å²) in [7, 11) is 1.26. The Labute approximate surface area is 160 Å². The number of carbonyl (C=O) groups is 2. The second-order valence-corrected chi connectivity index (χ2v) is 5.98. The molecule has 0 spiro atoms. The topological polar surface area (TPSA) is 98.5 Å². The molecule has 2 rings (SSSR count). The highest BCUT2D eigenvalue weighted by molar-refractivity contribution is 6.30. The van der Waals surface area contributed by atoms with E-state index in [2.05, 4.69) is 10.1 Å². The number of hydrogen-bond acceptors (Lipinski definition) is 5. The molecule has 27 heavy (non-hydrogen) atoms. The van der Waals surface area contributed by atoms with Gasteiger partial charge in [-0.25, -0.2) is 0 Å². The minimum atomic E-state index is -0.627. The first-order chi connectivity index (χ1) is 12.9. The summed E-state index contributed by atoms with van der Waals surface area (Å²) in [6, 6.07) is 12.1. The number of halogens is 1. The van der Waals surface area contributed by atoms with Crippen molar-refractivity contribution in [2.75, 3.05) is 7.11 Å². The molecule has 7 nitrogen and oxygen atoms in total. The van der Waals surface area contributed by atoms with E-state index in [1.807, 2.05) is 0 Å². The number of nitrogens with one attached hydrogen (secondary N) is 1. The van der Waals surface area contributed by atoms with Crippen molar-refractivity contribution in [2.24, 2.45) is 0 Å². The monoisotopic (exact) mass is 388 g/mol. The molecule has 0 radical (unpaired) electrons. The van der Waals surface area contributed by atoms with Crippen molar-refractivity contribution in [2.45, 2.75) is 12.5 Å². The lowest BCUT2D eigenvalue weighted by Gasteiger charge is -2.17. The first kappa shape index (κ1) is 20.1. The van der Waals surface area contributed by atoms with Crippen molar-refractivity contribution >= 4 is 35.2 Å². The van der Waals surface area contributed by atoms with Gasteiger partial charge in [0.05, 0.1) is 30.1 Å². The lowest BCUT2D eigenvalue weighted by Crippen LogP contribution is -2.29. The molecule has 2 aromatic rings. The van der Waals surface area contributed by atoms with Crippen LogP contribution in [-0.4, -0.2) is 23.9 Å². The highest BCUT2D eigenvalue weighted by Crippen LogP contribution is 2.21. The lowest BCUT2D eigenvalue weighted by molar-refractivity contribution is -0.385. The molecule has 0 fully saturated rings. The Balaban J connectivity index is 2.17. The van der Waals surface area contributed by atoms with Crippen LogP contribution in [0, 0.1) is 10.1 Å². The Morgan fingerprint density at radius 3 is 2.52 bits per heavy atom. The van der Waals surface area contributed by atoms with Gasteiger partial charge in [-0.1, -0.05) is 35.9 Å². The van der Waals surface area contributed by atoms with Gasteiger partial charge >= 0.3 is 5.97 Å². The van der Waals surface area contributed by atoms with Gasteiger partial charge in [-0.2, -0.15) is 0 Å². The standard InChI is InChI=1S/C19H17ClN2O5/c1-27-19(24)12-16(13-6-9-15(20)10-7-13)21-18(23)11-8-14-4-2-3-5-17(14)22(25)26/h2-11,16H,12H2,1H3,(H,21,23)/b11-8+. The summed E-state index contributed by atoms with van der Waals surface area (Å²) in [5, 5.41) is 14.2. The van der Waals surface area contributed by atoms with E-state index in [-0.39, 0.29) is 12.1 Å². The number of methoxy groups -OCH3 is 1. The fourth-order valence-corrected chi connectivity index (χ4v) is 2.50. The average molecular weight is 389 g/mol. The number of ether oxygens (including phenoxy) is 1. The molecule has 0 aliphatic rings. The number of nitro benzene ring substituents is 1. The summed E-state index contributed by atoms with van der Waals surface area (Å²) in [6.07, 6.45) is 2.47. The molecule has 0 heterocycles. The van der Waals surface area contributed by atoms with Crippen molar-refractivity contribution in [1.82, 2.24) is 5.32 Å². The van der Waals surface area contributed by atoms with E-state index >= 15 is 0 Å². The van der Waals surface area contributed by atoms with E-state index < -0.39 is 22.8 Å². The van der Waals surface area contributed by atoms with Crippen LogP contribution in [0.1, 0.15) is 23.6 Å². The van der Waals surface area contributed by atoms with Gasteiger partial charge in [0.1, 0.15) is 0 Å². The molecule has 1 amide bonds. The normalized spacial score (nSPS) is 11.8. The molecule has 8 heteroatoms.